The lowest BCUT2D eigenvalue weighted by molar-refractivity contribution is -0.211. The van der Waals surface area contributed by atoms with Gasteiger partial charge in [0.15, 0.2) is 7.74 Å². The standard InChI is InChI=1S/C8H20NO6P2/c1-5-12-16(10,13-6-2)9-17(11,14-7-3)15-8-4/h5-8H2,1-4H3/q-1. The van der Waals surface area contributed by atoms with Crippen molar-refractivity contribution >= 4 is 15.5 Å². The molecule has 0 fully saturated rings. The third-order valence-electron chi connectivity index (χ3n) is 1.39. The minimum Gasteiger partial charge on any atom is -0.773 e. The molecule has 0 heterocycles. The van der Waals surface area contributed by atoms with Crippen molar-refractivity contribution in [2.45, 2.75) is 27.7 Å². The molecule has 0 aromatic rings. The topological polar surface area (TPSA) is 89.4 Å². The van der Waals surface area contributed by atoms with Crippen molar-refractivity contribution in [2.75, 3.05) is 26.4 Å². The molecule has 0 spiro atoms. The zero-order valence-electron chi connectivity index (χ0n) is 10.6. The zero-order valence-corrected chi connectivity index (χ0v) is 12.4. The first-order valence-corrected chi connectivity index (χ1v) is 8.47. The third-order valence-corrected chi connectivity index (χ3v) is 5.48. The Bertz CT molecular complexity index is 288. The van der Waals surface area contributed by atoms with Crippen LogP contribution in [0.2, 0.25) is 0 Å². The summed E-state index contributed by atoms with van der Waals surface area (Å²) in [5.41, 5.74) is 0. The van der Waals surface area contributed by atoms with Gasteiger partial charge in [-0.3, -0.25) is 9.05 Å². The molecule has 0 atom stereocenters. The van der Waals surface area contributed by atoms with E-state index in [4.69, 9.17) is 18.1 Å². The minimum absolute atomic E-state index is 0.124. The second-order valence-corrected chi connectivity index (χ2v) is 6.32. The van der Waals surface area contributed by atoms with E-state index < -0.39 is 15.5 Å². The molecular weight excluding hydrogens is 268 g/mol. The van der Waals surface area contributed by atoms with Crippen molar-refractivity contribution in [3.05, 3.63) is 0 Å². The lowest BCUT2D eigenvalue weighted by Gasteiger charge is -2.29. The number of rotatable bonds is 9. The summed E-state index contributed by atoms with van der Waals surface area (Å²) in [5, 5.41) is 0. The first kappa shape index (κ1) is 17.3. The van der Waals surface area contributed by atoms with Crippen LogP contribution in [0.15, 0.2) is 4.52 Å². The average Bonchev–Trinajstić information content (AvgIpc) is 2.17. The molecule has 0 N–H and O–H groups in total. The predicted molar refractivity (Wildman–Crippen MR) is 63.5 cm³/mol. The Morgan fingerprint density at radius 1 is 0.882 bits per heavy atom. The summed E-state index contributed by atoms with van der Waals surface area (Å²) in [4.78, 5) is 12.0. The van der Waals surface area contributed by atoms with Gasteiger partial charge in [0.05, 0.1) is 26.4 Å². The molecule has 0 aromatic carbocycles. The summed E-state index contributed by atoms with van der Waals surface area (Å²) < 4.78 is 35.1. The summed E-state index contributed by atoms with van der Waals surface area (Å²) in [7, 11) is -7.58. The van der Waals surface area contributed by atoms with Crippen LogP contribution in [0, 0.1) is 0 Å². The van der Waals surface area contributed by atoms with E-state index in [0.717, 1.165) is 0 Å². The van der Waals surface area contributed by atoms with Crippen LogP contribution in [-0.2, 0) is 22.7 Å². The fourth-order valence-corrected chi connectivity index (χ4v) is 4.32. The molecule has 0 aliphatic carbocycles. The van der Waals surface area contributed by atoms with E-state index in [-0.39, 0.29) is 26.4 Å². The predicted octanol–water partition coefficient (Wildman–Crippen LogP) is 2.55. The van der Waals surface area contributed by atoms with Crippen molar-refractivity contribution < 1.29 is 27.6 Å². The molecule has 0 radical (unpaired) electrons. The van der Waals surface area contributed by atoms with Crippen LogP contribution in [0.4, 0.5) is 0 Å². The molecule has 9 heteroatoms. The maximum absolute atomic E-state index is 12.0. The summed E-state index contributed by atoms with van der Waals surface area (Å²) in [6.07, 6.45) is 0. The molecular formula is C8H20NO6P2-. The molecule has 0 amide bonds. The number of nitrogens with zero attached hydrogens (tertiary/aromatic N) is 1. The summed E-state index contributed by atoms with van der Waals surface area (Å²) >= 11 is 0. The zero-order chi connectivity index (χ0) is 13.4. The normalized spacial score (nSPS) is 12.8. The van der Waals surface area contributed by atoms with Crippen LogP contribution in [0.3, 0.4) is 0 Å². The Labute approximate surface area is 102 Å². The van der Waals surface area contributed by atoms with Crippen LogP contribution in [0.1, 0.15) is 27.7 Å². The van der Waals surface area contributed by atoms with Crippen molar-refractivity contribution in [1.82, 2.24) is 0 Å². The molecule has 0 saturated heterocycles. The van der Waals surface area contributed by atoms with Gasteiger partial charge >= 0.3 is 7.75 Å². The van der Waals surface area contributed by atoms with Gasteiger partial charge in [-0.15, -0.1) is 0 Å². The van der Waals surface area contributed by atoms with Gasteiger partial charge in [-0.1, -0.05) is 0 Å². The van der Waals surface area contributed by atoms with E-state index >= 15 is 0 Å². The van der Waals surface area contributed by atoms with Crippen molar-refractivity contribution in [3.63, 3.8) is 0 Å². The molecule has 104 valence electrons. The molecule has 17 heavy (non-hydrogen) atoms. The highest BCUT2D eigenvalue weighted by molar-refractivity contribution is 7.62. The lowest BCUT2D eigenvalue weighted by Crippen LogP contribution is -2.09. The Balaban J connectivity index is 5.14. The van der Waals surface area contributed by atoms with Gasteiger partial charge in [-0.2, -0.15) is 4.52 Å². The van der Waals surface area contributed by atoms with Gasteiger partial charge in [0.2, 0.25) is 0 Å². The molecule has 0 aromatic heterocycles. The van der Waals surface area contributed by atoms with Crippen molar-refractivity contribution in [3.8, 4) is 0 Å². The first-order chi connectivity index (χ1) is 7.95. The monoisotopic (exact) mass is 288 g/mol. The Kier molecular flexibility index (Phi) is 8.51. The van der Waals surface area contributed by atoms with Crippen molar-refractivity contribution in [1.29, 1.82) is 0 Å². The van der Waals surface area contributed by atoms with E-state index in [1.54, 1.807) is 27.7 Å². The average molecular weight is 288 g/mol. The highest BCUT2D eigenvalue weighted by Gasteiger charge is 2.25. The minimum atomic E-state index is -3.79. The number of hydrogen-bond donors (Lipinski definition) is 0. The van der Waals surface area contributed by atoms with Crippen LogP contribution in [0.5, 0.6) is 0 Å². The SMILES string of the molecule is CCOP(=O)(N=P([O-])(OCC)OCC)OCC. The van der Waals surface area contributed by atoms with Crippen LogP contribution >= 0.6 is 15.5 Å². The second kappa shape index (κ2) is 8.38. The van der Waals surface area contributed by atoms with E-state index in [1.165, 1.54) is 0 Å². The van der Waals surface area contributed by atoms with Crippen LogP contribution in [0.25, 0.3) is 0 Å². The molecule has 0 aliphatic heterocycles. The maximum atomic E-state index is 12.0. The number of hydrogen-bond acceptors (Lipinski definition) is 6. The van der Waals surface area contributed by atoms with Gasteiger partial charge in [-0.05, 0) is 27.7 Å². The van der Waals surface area contributed by atoms with Gasteiger partial charge in [0.1, 0.15) is 0 Å². The molecule has 7 nitrogen and oxygen atoms in total. The highest BCUT2D eigenvalue weighted by atomic mass is 31.2. The summed E-state index contributed by atoms with van der Waals surface area (Å²) in [6.45, 7) is 7.03. The lowest BCUT2D eigenvalue weighted by atomic mass is 10.9. The van der Waals surface area contributed by atoms with E-state index in [0.29, 0.717) is 0 Å². The fraction of sp³-hybridized carbons (Fsp3) is 1.00. The first-order valence-electron chi connectivity index (χ1n) is 5.48. The largest absolute Gasteiger partial charge is 0.773 e. The molecule has 0 unspecified atom stereocenters. The molecule has 0 rings (SSSR count). The Morgan fingerprint density at radius 3 is 1.53 bits per heavy atom. The van der Waals surface area contributed by atoms with Crippen molar-refractivity contribution in [2.24, 2.45) is 4.52 Å². The van der Waals surface area contributed by atoms with Gasteiger partial charge in [0.25, 0.3) is 0 Å². The van der Waals surface area contributed by atoms with E-state index in [9.17, 15) is 9.46 Å². The van der Waals surface area contributed by atoms with E-state index in [2.05, 4.69) is 4.52 Å². The summed E-state index contributed by atoms with van der Waals surface area (Å²) in [6, 6.07) is 0. The highest BCUT2D eigenvalue weighted by Crippen LogP contribution is 2.60. The molecule has 0 saturated carbocycles. The summed E-state index contributed by atoms with van der Waals surface area (Å²) in [5.74, 6) is 0. The van der Waals surface area contributed by atoms with Gasteiger partial charge < -0.3 is 13.9 Å². The quantitative estimate of drug-likeness (QED) is 0.606. The molecule has 0 bridgehead atoms. The Hall–Kier alpha value is 0.260. The fourth-order valence-electron chi connectivity index (χ4n) is 0.965. The second-order valence-electron chi connectivity index (χ2n) is 2.70. The molecule has 0 aliphatic rings. The van der Waals surface area contributed by atoms with Crippen LogP contribution < -0.4 is 4.89 Å². The van der Waals surface area contributed by atoms with Gasteiger partial charge in [-0.25, -0.2) is 4.57 Å². The van der Waals surface area contributed by atoms with Gasteiger partial charge in [0, 0.05) is 0 Å². The smallest absolute Gasteiger partial charge is 0.455 e. The Morgan fingerprint density at radius 2 is 1.24 bits per heavy atom. The maximum Gasteiger partial charge on any atom is 0.455 e. The third kappa shape index (κ3) is 6.67. The van der Waals surface area contributed by atoms with Crippen LogP contribution in [-0.4, -0.2) is 26.4 Å². The van der Waals surface area contributed by atoms with E-state index in [1.807, 2.05) is 0 Å².